The molecule has 226 valence electrons. The second kappa shape index (κ2) is 20.9. The number of imidazole rings is 1. The van der Waals surface area contributed by atoms with E-state index in [-0.39, 0.29) is 82.0 Å². The largest absolute Gasteiger partial charge is 1.00 e. The Balaban J connectivity index is 0.00000441. The number of aliphatic hydroxyl groups is 2. The summed E-state index contributed by atoms with van der Waals surface area (Å²) < 4.78 is 22.6. The molecule has 0 amide bonds. The summed E-state index contributed by atoms with van der Waals surface area (Å²) >= 11 is 0. The third kappa shape index (κ3) is 12.8. The second-order valence-corrected chi connectivity index (χ2v) is 11.4. The van der Waals surface area contributed by atoms with Gasteiger partial charge in [0.25, 0.3) is 7.82 Å². The van der Waals surface area contributed by atoms with Crippen LogP contribution in [0.2, 0.25) is 0 Å². The van der Waals surface area contributed by atoms with E-state index in [1.165, 1.54) is 81.4 Å². The Morgan fingerprint density at radius 2 is 1.60 bits per heavy atom. The van der Waals surface area contributed by atoms with Gasteiger partial charge >= 0.3 is 59.1 Å². The van der Waals surface area contributed by atoms with E-state index in [9.17, 15) is 24.8 Å². The van der Waals surface area contributed by atoms with Crippen molar-refractivity contribution in [3.8, 4) is 0 Å². The van der Waals surface area contributed by atoms with Crippen LogP contribution in [-0.4, -0.2) is 65.4 Å². The van der Waals surface area contributed by atoms with Crippen LogP contribution in [0.1, 0.15) is 103 Å². The summed E-state index contributed by atoms with van der Waals surface area (Å²) in [5, 5.41) is 32.6. The molecule has 0 aliphatic carbocycles. The minimum absolute atomic E-state index is 0. The summed E-state index contributed by atoms with van der Waals surface area (Å²) in [4.78, 5) is 36.7. The molecule has 5 atom stereocenters. The van der Waals surface area contributed by atoms with Crippen LogP contribution in [0.25, 0.3) is 11.2 Å². The quantitative estimate of drug-likeness (QED) is 0.0465. The molecular formula is C26H42N5Na2O8P. The number of nitrogens with zero attached hydrogens (tertiary/aromatic N) is 5. The van der Waals surface area contributed by atoms with Gasteiger partial charge in [0.2, 0.25) is 0 Å². The number of phosphoric ester groups is 1. The number of fused-ring (bicyclic) bond motifs is 1. The van der Waals surface area contributed by atoms with Crippen molar-refractivity contribution in [2.45, 2.75) is 121 Å². The number of ether oxygens (including phenoxy) is 1. The molecule has 16 heteroatoms. The maximum Gasteiger partial charge on any atom is 1.00 e. The van der Waals surface area contributed by atoms with E-state index in [1.807, 2.05) is 0 Å². The maximum absolute atomic E-state index is 12.5. The first-order valence-electron chi connectivity index (χ1n) is 14.3. The normalized spacial score (nSPS) is 22.1. The molecule has 13 nitrogen and oxygen atoms in total. The molecular weight excluding hydrogens is 587 g/mol. The molecule has 0 bridgehead atoms. The number of hydrogen-bond acceptors (Lipinski definition) is 11. The van der Waals surface area contributed by atoms with Gasteiger partial charge in [-0.1, -0.05) is 84.0 Å². The smallest absolute Gasteiger partial charge is 0.862 e. The van der Waals surface area contributed by atoms with Crippen molar-refractivity contribution in [1.29, 1.82) is 0 Å². The van der Waals surface area contributed by atoms with Crippen LogP contribution in [0.4, 0.5) is 5.82 Å². The van der Waals surface area contributed by atoms with Crippen LogP contribution in [-0.2, 0) is 13.8 Å². The standard InChI is InChI=1S/C26H44N5O8P.2Na/c1-2-3-4-5-6-7-8-9-10-11-12-13-14-15-20(33)30-24-21-25(28-17-27-24)31(18-29-21)26-22(34)23(19(16-32)38-26)39-40(35,36)37;;/h17-19,22-23,26,32,34H,2-16H2,1H3,(H2,35,36,37)(H,27,28,30,33);;/q;2*+1/p-2/t19-,22-,23-,26-;;/m1../s1. The minimum atomic E-state index is -5.21. The van der Waals surface area contributed by atoms with Gasteiger partial charge in [0.05, 0.1) is 12.9 Å². The fourth-order valence-corrected chi connectivity index (χ4v) is 5.52. The predicted octanol–water partition coefficient (Wildman–Crippen LogP) is -3.20. The SMILES string of the molecule is CCCCCCCCCCCCCCCC([O-])=Nc1ncnc2c1ncn2[C@@H]1O[C@H](CO)[C@@H](OP(=O)([O-])O)[C@H]1O.[Na+].[Na+]. The summed E-state index contributed by atoms with van der Waals surface area (Å²) in [6.45, 7) is 1.56. The minimum Gasteiger partial charge on any atom is -0.862 e. The van der Waals surface area contributed by atoms with Crippen LogP contribution < -0.4 is 69.1 Å². The molecule has 1 aliphatic heterocycles. The van der Waals surface area contributed by atoms with Crippen molar-refractivity contribution in [3.63, 3.8) is 0 Å². The molecule has 42 heavy (non-hydrogen) atoms. The molecule has 3 N–H and O–H groups in total. The number of aromatic nitrogens is 4. The van der Waals surface area contributed by atoms with Crippen molar-refractivity contribution >= 4 is 30.7 Å². The number of aliphatic hydroxyl groups excluding tert-OH is 2. The van der Waals surface area contributed by atoms with Crippen molar-refractivity contribution in [2.75, 3.05) is 6.61 Å². The average Bonchev–Trinajstić information content (AvgIpc) is 3.47. The van der Waals surface area contributed by atoms with E-state index < -0.39 is 39.0 Å². The molecule has 0 aromatic carbocycles. The van der Waals surface area contributed by atoms with Gasteiger partial charge < -0.3 is 34.4 Å². The number of hydrogen-bond donors (Lipinski definition) is 3. The number of rotatable bonds is 19. The molecule has 1 unspecified atom stereocenters. The first kappa shape index (κ1) is 40.0. The van der Waals surface area contributed by atoms with Gasteiger partial charge in [-0.3, -0.25) is 9.13 Å². The Morgan fingerprint density at radius 3 is 2.14 bits per heavy atom. The van der Waals surface area contributed by atoms with Gasteiger partial charge in [-0.2, -0.15) is 0 Å². The van der Waals surface area contributed by atoms with Crippen LogP contribution >= 0.6 is 7.82 Å². The van der Waals surface area contributed by atoms with Gasteiger partial charge in [0, 0.05) is 0 Å². The van der Waals surface area contributed by atoms with Crippen LogP contribution in [0.15, 0.2) is 17.6 Å². The van der Waals surface area contributed by atoms with E-state index in [0.717, 1.165) is 19.3 Å². The summed E-state index contributed by atoms with van der Waals surface area (Å²) in [5.74, 6) is -0.250. The van der Waals surface area contributed by atoms with E-state index in [0.29, 0.717) is 6.42 Å². The first-order chi connectivity index (χ1) is 19.2. The zero-order valence-electron chi connectivity index (χ0n) is 25.1. The topological polar surface area (TPSA) is 198 Å². The van der Waals surface area contributed by atoms with Crippen molar-refractivity contribution in [2.24, 2.45) is 4.99 Å². The van der Waals surface area contributed by atoms with E-state index in [4.69, 9.17) is 9.63 Å². The molecule has 0 spiro atoms. The van der Waals surface area contributed by atoms with Gasteiger partial charge in [-0.15, -0.1) is 0 Å². The summed E-state index contributed by atoms with van der Waals surface area (Å²) in [5.41, 5.74) is 0.372. The summed E-state index contributed by atoms with van der Waals surface area (Å²) in [6.07, 6.45) is 12.9. The average molecular weight is 630 g/mol. The Labute approximate surface area is 291 Å². The van der Waals surface area contributed by atoms with E-state index in [1.54, 1.807) is 0 Å². The Hall–Kier alpha value is 0.01000. The molecule has 3 rings (SSSR count). The molecule has 1 fully saturated rings. The zero-order valence-corrected chi connectivity index (χ0v) is 30.0. The van der Waals surface area contributed by atoms with Crippen molar-refractivity contribution < 1.29 is 98.0 Å². The maximum atomic E-state index is 12.5. The third-order valence-electron chi connectivity index (χ3n) is 7.08. The van der Waals surface area contributed by atoms with Crippen LogP contribution in [0.3, 0.4) is 0 Å². The molecule has 0 radical (unpaired) electrons. The molecule has 1 saturated heterocycles. The molecule has 1 aliphatic rings. The number of aliphatic imine (C=N–C) groups is 1. The Kier molecular flexibility index (Phi) is 19.9. The molecule has 3 heterocycles. The predicted molar refractivity (Wildman–Crippen MR) is 144 cm³/mol. The Morgan fingerprint density at radius 1 is 1.02 bits per heavy atom. The fourth-order valence-electron chi connectivity index (χ4n) is 4.96. The van der Waals surface area contributed by atoms with Gasteiger partial charge in [0.1, 0.15) is 24.6 Å². The van der Waals surface area contributed by atoms with Crippen molar-refractivity contribution in [3.05, 3.63) is 12.7 Å². The first-order valence-corrected chi connectivity index (χ1v) is 15.8. The van der Waals surface area contributed by atoms with Crippen LogP contribution in [0, 0.1) is 0 Å². The molecule has 0 saturated carbocycles. The monoisotopic (exact) mass is 629 g/mol. The van der Waals surface area contributed by atoms with E-state index in [2.05, 4.69) is 31.4 Å². The summed E-state index contributed by atoms with van der Waals surface area (Å²) in [7, 11) is -5.21. The number of phosphoric acid groups is 1. The van der Waals surface area contributed by atoms with E-state index >= 15 is 0 Å². The van der Waals surface area contributed by atoms with Gasteiger partial charge in [-0.05, 0) is 18.7 Å². The third-order valence-corrected chi connectivity index (χ3v) is 7.59. The summed E-state index contributed by atoms with van der Waals surface area (Å²) in [6, 6.07) is 0. The fraction of sp³-hybridized carbons (Fsp3) is 0.769. The van der Waals surface area contributed by atoms with Gasteiger partial charge in [-0.25, -0.2) is 19.9 Å². The van der Waals surface area contributed by atoms with Gasteiger partial charge in [0.15, 0.2) is 23.2 Å². The molecule has 2 aromatic rings. The van der Waals surface area contributed by atoms with Crippen molar-refractivity contribution in [1.82, 2.24) is 19.5 Å². The second-order valence-electron chi connectivity index (χ2n) is 10.3. The zero-order chi connectivity index (χ0) is 29.0. The van der Waals surface area contributed by atoms with Crippen LogP contribution in [0.5, 0.6) is 0 Å². The molecule has 2 aromatic heterocycles. The number of unbranched alkanes of at least 4 members (excludes halogenated alkanes) is 12. The Bertz CT molecular complexity index is 1120.